The molecule has 0 fully saturated rings. The minimum absolute atomic E-state index is 0. The number of amides is 2. The molecule has 2 N–H and O–H groups in total. The summed E-state index contributed by atoms with van der Waals surface area (Å²) in [6.45, 7) is 0.395. The van der Waals surface area contributed by atoms with Crippen molar-refractivity contribution in [3.63, 3.8) is 0 Å². The SMILES string of the molecule is O=C1NC=NCN1.[Na+]. The Bertz CT molecular complexity index is 113. The molecule has 0 unspecified atom stereocenters. The molecule has 1 rings (SSSR count). The molecule has 0 radical (unpaired) electrons. The Morgan fingerprint density at radius 2 is 2.50 bits per heavy atom. The molecule has 0 atom stereocenters. The first-order valence-electron chi connectivity index (χ1n) is 1.92. The largest absolute Gasteiger partial charge is 1.00 e. The summed E-state index contributed by atoms with van der Waals surface area (Å²) in [5.74, 6) is 0. The average Bonchev–Trinajstić information content (AvgIpc) is 1.69. The second-order valence-electron chi connectivity index (χ2n) is 1.12. The molecule has 0 spiro atoms. The van der Waals surface area contributed by atoms with Crippen LogP contribution in [0.3, 0.4) is 0 Å². The van der Waals surface area contributed by atoms with Gasteiger partial charge >= 0.3 is 35.6 Å². The topological polar surface area (TPSA) is 53.5 Å². The Morgan fingerprint density at radius 1 is 1.75 bits per heavy atom. The van der Waals surface area contributed by atoms with Crippen molar-refractivity contribution >= 4 is 12.4 Å². The molecule has 38 valence electrons. The van der Waals surface area contributed by atoms with Crippen LogP contribution in [0.15, 0.2) is 4.99 Å². The van der Waals surface area contributed by atoms with Crippen molar-refractivity contribution in [3.8, 4) is 0 Å². The summed E-state index contributed by atoms with van der Waals surface area (Å²) in [5, 5.41) is 4.77. The van der Waals surface area contributed by atoms with Crippen LogP contribution >= 0.6 is 0 Å². The number of rotatable bonds is 0. The number of carbonyl (C=O) groups is 1. The van der Waals surface area contributed by atoms with Crippen molar-refractivity contribution in [2.75, 3.05) is 6.67 Å². The van der Waals surface area contributed by atoms with Crippen molar-refractivity contribution in [2.24, 2.45) is 4.99 Å². The Balaban J connectivity index is 0.000000490. The predicted octanol–water partition coefficient (Wildman–Crippen LogP) is -3.71. The molecule has 1 aliphatic heterocycles. The molecule has 8 heavy (non-hydrogen) atoms. The molecule has 0 aromatic heterocycles. The molecule has 0 aromatic carbocycles. The molecular weight excluding hydrogens is 117 g/mol. The maximum atomic E-state index is 10.1. The van der Waals surface area contributed by atoms with Gasteiger partial charge in [0.05, 0.1) is 6.34 Å². The fourth-order valence-corrected chi connectivity index (χ4v) is 0.318. The fourth-order valence-electron chi connectivity index (χ4n) is 0.318. The maximum Gasteiger partial charge on any atom is 1.00 e. The Hall–Kier alpha value is -0.0600. The molecule has 0 aromatic rings. The van der Waals surface area contributed by atoms with E-state index in [4.69, 9.17) is 0 Å². The van der Waals surface area contributed by atoms with Gasteiger partial charge in [-0.3, -0.25) is 10.3 Å². The van der Waals surface area contributed by atoms with Crippen LogP contribution in [-0.2, 0) is 0 Å². The summed E-state index contributed by atoms with van der Waals surface area (Å²) in [6.07, 6.45) is 1.37. The average molecular weight is 122 g/mol. The van der Waals surface area contributed by atoms with E-state index in [1.807, 2.05) is 0 Å². The molecule has 5 heteroatoms. The van der Waals surface area contributed by atoms with Crippen molar-refractivity contribution in [1.82, 2.24) is 10.6 Å². The van der Waals surface area contributed by atoms with Crippen molar-refractivity contribution in [1.29, 1.82) is 0 Å². The van der Waals surface area contributed by atoms with Gasteiger partial charge in [-0.25, -0.2) is 4.79 Å². The van der Waals surface area contributed by atoms with Gasteiger partial charge in [0.25, 0.3) is 0 Å². The van der Waals surface area contributed by atoms with E-state index in [-0.39, 0.29) is 35.6 Å². The monoisotopic (exact) mass is 122 g/mol. The number of nitrogens with one attached hydrogen (secondary N) is 2. The van der Waals surface area contributed by atoms with Gasteiger partial charge in [0.1, 0.15) is 6.67 Å². The second kappa shape index (κ2) is 3.88. The van der Waals surface area contributed by atoms with Gasteiger partial charge in [0, 0.05) is 0 Å². The Kier molecular flexibility index (Phi) is 3.85. The number of hydrogen-bond acceptors (Lipinski definition) is 2. The van der Waals surface area contributed by atoms with Gasteiger partial charge in [-0.15, -0.1) is 0 Å². The summed E-state index contributed by atoms with van der Waals surface area (Å²) in [7, 11) is 0. The quantitative estimate of drug-likeness (QED) is 0.319. The first kappa shape index (κ1) is 7.94. The smallest absolute Gasteiger partial charge is 0.318 e. The van der Waals surface area contributed by atoms with Crippen molar-refractivity contribution < 1.29 is 34.4 Å². The van der Waals surface area contributed by atoms with E-state index < -0.39 is 0 Å². The molecule has 1 heterocycles. The summed E-state index contributed by atoms with van der Waals surface area (Å²) in [6, 6.07) is -0.185. The van der Waals surface area contributed by atoms with Gasteiger partial charge in [-0.05, 0) is 0 Å². The normalized spacial score (nSPS) is 15.8. The predicted molar refractivity (Wildman–Crippen MR) is 25.0 cm³/mol. The van der Waals surface area contributed by atoms with Crippen LogP contribution in [0, 0.1) is 0 Å². The van der Waals surface area contributed by atoms with Crippen LogP contribution in [0.2, 0.25) is 0 Å². The Morgan fingerprint density at radius 3 is 2.75 bits per heavy atom. The van der Waals surface area contributed by atoms with Gasteiger partial charge in [-0.2, -0.15) is 0 Å². The van der Waals surface area contributed by atoms with Crippen LogP contribution in [0.1, 0.15) is 0 Å². The third-order valence-electron chi connectivity index (χ3n) is 0.618. The molecule has 1 aliphatic rings. The molecule has 0 aliphatic carbocycles. The van der Waals surface area contributed by atoms with Crippen LogP contribution < -0.4 is 40.2 Å². The number of hydrogen-bond donors (Lipinski definition) is 2. The number of carbonyl (C=O) groups excluding carboxylic acids is 1. The van der Waals surface area contributed by atoms with Gasteiger partial charge < -0.3 is 5.32 Å². The van der Waals surface area contributed by atoms with Crippen LogP contribution in [-0.4, -0.2) is 19.0 Å². The standard InChI is InChI=1S/C3H5N3O.Na/c7-3-5-1-4-2-6-3;/h1H,2H2,(H2,4,5,6,7);/q;+1. The number of aliphatic imine (C=N–C) groups is 1. The number of urea groups is 1. The zero-order valence-corrected chi connectivity index (χ0v) is 6.64. The molecule has 4 nitrogen and oxygen atoms in total. The summed E-state index contributed by atoms with van der Waals surface area (Å²) in [4.78, 5) is 13.8. The van der Waals surface area contributed by atoms with E-state index in [1.165, 1.54) is 6.34 Å². The second-order valence-corrected chi connectivity index (χ2v) is 1.12. The van der Waals surface area contributed by atoms with Crippen LogP contribution in [0.25, 0.3) is 0 Å². The van der Waals surface area contributed by atoms with Gasteiger partial charge in [-0.1, -0.05) is 0 Å². The maximum absolute atomic E-state index is 10.1. The minimum Gasteiger partial charge on any atom is -0.318 e. The Labute approximate surface area is 69.0 Å². The van der Waals surface area contributed by atoms with E-state index in [2.05, 4.69) is 15.6 Å². The number of nitrogens with zero attached hydrogens (tertiary/aromatic N) is 1. The van der Waals surface area contributed by atoms with E-state index >= 15 is 0 Å². The first-order chi connectivity index (χ1) is 3.39. The third kappa shape index (κ3) is 2.30. The fraction of sp³-hybridized carbons (Fsp3) is 0.333. The van der Waals surface area contributed by atoms with Crippen LogP contribution in [0.4, 0.5) is 4.79 Å². The minimum atomic E-state index is -0.185. The molecule has 2 amide bonds. The van der Waals surface area contributed by atoms with Crippen molar-refractivity contribution in [2.45, 2.75) is 0 Å². The summed E-state index contributed by atoms with van der Waals surface area (Å²) < 4.78 is 0. The van der Waals surface area contributed by atoms with Gasteiger partial charge in [0.15, 0.2) is 0 Å². The van der Waals surface area contributed by atoms with E-state index in [0.29, 0.717) is 6.67 Å². The molecule has 0 saturated carbocycles. The summed E-state index contributed by atoms with van der Waals surface area (Å²) >= 11 is 0. The van der Waals surface area contributed by atoms with Crippen molar-refractivity contribution in [3.05, 3.63) is 0 Å². The van der Waals surface area contributed by atoms with E-state index in [0.717, 1.165) is 0 Å². The van der Waals surface area contributed by atoms with E-state index in [1.54, 1.807) is 0 Å². The first-order valence-corrected chi connectivity index (χ1v) is 1.92. The molecule has 0 bridgehead atoms. The zero-order chi connectivity index (χ0) is 5.11. The molecular formula is C3H5N3NaO+. The van der Waals surface area contributed by atoms with E-state index in [9.17, 15) is 4.79 Å². The van der Waals surface area contributed by atoms with Gasteiger partial charge in [0.2, 0.25) is 0 Å². The summed E-state index contributed by atoms with van der Waals surface area (Å²) in [5.41, 5.74) is 0. The van der Waals surface area contributed by atoms with Crippen LogP contribution in [0.5, 0.6) is 0 Å². The molecule has 0 saturated heterocycles. The third-order valence-corrected chi connectivity index (χ3v) is 0.618. The zero-order valence-electron chi connectivity index (χ0n) is 4.64.